The first-order valence-electron chi connectivity index (χ1n) is 7.69. The number of nitrogens with one attached hydrogen (secondary N) is 2. The molecule has 2 unspecified atom stereocenters. The van der Waals surface area contributed by atoms with Crippen molar-refractivity contribution in [3.63, 3.8) is 0 Å². The molecule has 0 radical (unpaired) electrons. The molecule has 0 aromatic heterocycles. The molecule has 2 N–H and O–H groups in total. The summed E-state index contributed by atoms with van der Waals surface area (Å²) in [5, 5.41) is 5.93. The fraction of sp³-hybridized carbons (Fsp3) is 0.500. The zero-order valence-corrected chi connectivity index (χ0v) is 12.5. The summed E-state index contributed by atoms with van der Waals surface area (Å²) in [6.45, 7) is 3.05. The van der Waals surface area contributed by atoms with E-state index in [1.165, 1.54) is 0 Å². The fourth-order valence-corrected chi connectivity index (χ4v) is 2.83. The molecular weight excluding hydrogens is 282 g/mol. The van der Waals surface area contributed by atoms with E-state index in [-0.39, 0.29) is 11.8 Å². The Morgan fingerprint density at radius 2 is 2.18 bits per heavy atom. The van der Waals surface area contributed by atoms with Gasteiger partial charge in [0.15, 0.2) is 0 Å². The van der Waals surface area contributed by atoms with Crippen LogP contribution in [0.4, 0.5) is 0 Å². The van der Waals surface area contributed by atoms with Gasteiger partial charge in [-0.2, -0.15) is 0 Å². The van der Waals surface area contributed by atoms with Gasteiger partial charge in [-0.15, -0.1) is 0 Å². The van der Waals surface area contributed by atoms with Crippen LogP contribution in [0, 0.1) is 0 Å². The van der Waals surface area contributed by atoms with Gasteiger partial charge in [0.25, 0.3) is 5.91 Å². The van der Waals surface area contributed by atoms with Gasteiger partial charge in [0.1, 0.15) is 12.1 Å². The molecule has 118 valence electrons. The lowest BCUT2D eigenvalue weighted by Gasteiger charge is -2.24. The molecule has 2 atom stereocenters. The number of morpholine rings is 1. The molecular formula is C16H21N3O3. The molecule has 0 saturated carbocycles. The van der Waals surface area contributed by atoms with E-state index in [1.54, 1.807) is 4.90 Å². The molecule has 6 nitrogen and oxygen atoms in total. The molecule has 2 aliphatic heterocycles. The Morgan fingerprint density at radius 3 is 2.91 bits per heavy atom. The Labute approximate surface area is 129 Å². The summed E-state index contributed by atoms with van der Waals surface area (Å²) < 4.78 is 5.41. The number of carbonyl (C=O) groups is 2. The van der Waals surface area contributed by atoms with Crippen LogP contribution in [0.1, 0.15) is 12.0 Å². The van der Waals surface area contributed by atoms with E-state index in [0.29, 0.717) is 32.7 Å². The van der Waals surface area contributed by atoms with Crippen LogP contribution in [-0.4, -0.2) is 55.1 Å². The second kappa shape index (κ2) is 6.89. The molecule has 1 aromatic carbocycles. The predicted octanol–water partition coefficient (Wildman–Crippen LogP) is -0.108. The van der Waals surface area contributed by atoms with Crippen molar-refractivity contribution in [3.05, 3.63) is 35.9 Å². The van der Waals surface area contributed by atoms with E-state index < -0.39 is 12.1 Å². The van der Waals surface area contributed by atoms with Crippen molar-refractivity contribution in [2.24, 2.45) is 0 Å². The highest BCUT2D eigenvalue weighted by Crippen LogP contribution is 2.15. The highest BCUT2D eigenvalue weighted by Gasteiger charge is 2.34. The summed E-state index contributed by atoms with van der Waals surface area (Å²) in [5.41, 5.74) is 1.10. The Hall–Kier alpha value is -1.92. The molecule has 2 fully saturated rings. The second-order valence-corrected chi connectivity index (χ2v) is 5.66. The Bertz CT molecular complexity index is 529. The Balaban J connectivity index is 1.53. The SMILES string of the molecule is O=C(NC1CCN(Cc2ccccc2)C1=O)C1CNCCO1. The predicted molar refractivity (Wildman–Crippen MR) is 81.0 cm³/mol. The molecule has 3 rings (SSSR count). The van der Waals surface area contributed by atoms with Crippen LogP contribution in [0.25, 0.3) is 0 Å². The average molecular weight is 303 g/mol. The van der Waals surface area contributed by atoms with Crippen LogP contribution in [0.5, 0.6) is 0 Å². The van der Waals surface area contributed by atoms with Crippen LogP contribution in [0.3, 0.4) is 0 Å². The number of hydrogen-bond donors (Lipinski definition) is 2. The van der Waals surface area contributed by atoms with Crippen LogP contribution in [0.15, 0.2) is 30.3 Å². The van der Waals surface area contributed by atoms with Gasteiger partial charge in [-0.05, 0) is 12.0 Å². The molecule has 2 amide bonds. The molecule has 0 aliphatic carbocycles. The standard InChI is InChI=1S/C16H21N3O3/c20-15(14-10-17-7-9-22-14)18-13-6-8-19(16(13)21)11-12-4-2-1-3-5-12/h1-5,13-14,17H,6-11H2,(H,18,20). The lowest BCUT2D eigenvalue weighted by molar-refractivity contribution is -0.139. The maximum absolute atomic E-state index is 12.4. The summed E-state index contributed by atoms with van der Waals surface area (Å²) in [7, 11) is 0. The first kappa shape index (κ1) is 15.0. The summed E-state index contributed by atoms with van der Waals surface area (Å²) in [6.07, 6.45) is 0.155. The van der Waals surface area contributed by atoms with Crippen LogP contribution >= 0.6 is 0 Å². The van der Waals surface area contributed by atoms with E-state index in [1.807, 2.05) is 30.3 Å². The van der Waals surface area contributed by atoms with Gasteiger partial charge < -0.3 is 20.3 Å². The lowest BCUT2D eigenvalue weighted by Crippen LogP contribution is -2.51. The summed E-state index contributed by atoms with van der Waals surface area (Å²) in [6, 6.07) is 9.45. The number of ether oxygens (including phenoxy) is 1. The summed E-state index contributed by atoms with van der Waals surface area (Å²) >= 11 is 0. The quantitative estimate of drug-likeness (QED) is 0.814. The number of hydrogen-bond acceptors (Lipinski definition) is 4. The second-order valence-electron chi connectivity index (χ2n) is 5.66. The monoisotopic (exact) mass is 303 g/mol. The average Bonchev–Trinajstić information content (AvgIpc) is 2.90. The number of likely N-dealkylation sites (tertiary alicyclic amines) is 1. The minimum Gasteiger partial charge on any atom is -0.366 e. The van der Waals surface area contributed by atoms with Gasteiger partial charge >= 0.3 is 0 Å². The van der Waals surface area contributed by atoms with Crippen LogP contribution in [-0.2, 0) is 20.9 Å². The largest absolute Gasteiger partial charge is 0.366 e. The van der Waals surface area contributed by atoms with Crippen molar-refractivity contribution >= 4 is 11.8 Å². The molecule has 0 spiro atoms. The van der Waals surface area contributed by atoms with Crippen molar-refractivity contribution in [1.29, 1.82) is 0 Å². The molecule has 2 aliphatic rings. The van der Waals surface area contributed by atoms with E-state index in [9.17, 15) is 9.59 Å². The number of carbonyl (C=O) groups excluding carboxylic acids is 2. The molecule has 2 saturated heterocycles. The molecule has 0 bridgehead atoms. The number of rotatable bonds is 4. The first-order chi connectivity index (χ1) is 10.7. The number of benzene rings is 1. The minimum absolute atomic E-state index is 0.0130. The third-order valence-corrected chi connectivity index (χ3v) is 4.05. The van der Waals surface area contributed by atoms with Gasteiger partial charge in [0.05, 0.1) is 6.61 Å². The Morgan fingerprint density at radius 1 is 1.36 bits per heavy atom. The molecule has 2 heterocycles. The van der Waals surface area contributed by atoms with E-state index in [0.717, 1.165) is 12.1 Å². The van der Waals surface area contributed by atoms with E-state index >= 15 is 0 Å². The van der Waals surface area contributed by atoms with Crippen molar-refractivity contribution in [2.45, 2.75) is 25.1 Å². The number of nitrogens with zero attached hydrogens (tertiary/aromatic N) is 1. The van der Waals surface area contributed by atoms with Gasteiger partial charge in [-0.3, -0.25) is 9.59 Å². The van der Waals surface area contributed by atoms with Crippen LogP contribution in [0.2, 0.25) is 0 Å². The van der Waals surface area contributed by atoms with E-state index in [2.05, 4.69) is 10.6 Å². The van der Waals surface area contributed by atoms with Gasteiger partial charge in [-0.25, -0.2) is 0 Å². The van der Waals surface area contributed by atoms with Gasteiger partial charge in [-0.1, -0.05) is 30.3 Å². The Kier molecular flexibility index (Phi) is 4.70. The minimum atomic E-state index is -0.496. The fourth-order valence-electron chi connectivity index (χ4n) is 2.83. The van der Waals surface area contributed by atoms with Crippen molar-refractivity contribution in [3.8, 4) is 0 Å². The third-order valence-electron chi connectivity index (χ3n) is 4.05. The topological polar surface area (TPSA) is 70.7 Å². The first-order valence-corrected chi connectivity index (χ1v) is 7.69. The normalized spacial score (nSPS) is 25.3. The van der Waals surface area contributed by atoms with Gasteiger partial charge in [0, 0.05) is 26.2 Å². The van der Waals surface area contributed by atoms with Crippen molar-refractivity contribution in [2.75, 3.05) is 26.2 Å². The summed E-state index contributed by atoms with van der Waals surface area (Å²) in [5.74, 6) is -0.215. The molecule has 1 aromatic rings. The maximum atomic E-state index is 12.4. The van der Waals surface area contributed by atoms with E-state index in [4.69, 9.17) is 4.74 Å². The lowest BCUT2D eigenvalue weighted by atomic mass is 10.2. The molecule has 6 heteroatoms. The smallest absolute Gasteiger partial charge is 0.251 e. The van der Waals surface area contributed by atoms with Crippen LogP contribution < -0.4 is 10.6 Å². The number of amides is 2. The molecule has 22 heavy (non-hydrogen) atoms. The highest BCUT2D eigenvalue weighted by atomic mass is 16.5. The maximum Gasteiger partial charge on any atom is 0.251 e. The van der Waals surface area contributed by atoms with Gasteiger partial charge in [0.2, 0.25) is 5.91 Å². The third kappa shape index (κ3) is 3.45. The zero-order valence-electron chi connectivity index (χ0n) is 12.5. The van der Waals surface area contributed by atoms with Crippen molar-refractivity contribution < 1.29 is 14.3 Å². The summed E-state index contributed by atoms with van der Waals surface area (Å²) in [4.78, 5) is 26.3. The van der Waals surface area contributed by atoms with Crippen molar-refractivity contribution in [1.82, 2.24) is 15.5 Å². The zero-order chi connectivity index (χ0) is 15.4. The highest BCUT2D eigenvalue weighted by molar-refractivity contribution is 5.90.